The Morgan fingerprint density at radius 1 is 1.33 bits per heavy atom. The second kappa shape index (κ2) is 8.68. The van der Waals surface area contributed by atoms with Crippen molar-refractivity contribution >= 4 is 27.8 Å². The number of sulfone groups is 1. The minimum atomic E-state index is -3.13. The molecule has 8 nitrogen and oxygen atoms in total. The molecule has 2 rings (SSSR count). The predicted octanol–water partition coefficient (Wildman–Crippen LogP) is 0.791. The van der Waals surface area contributed by atoms with Crippen molar-refractivity contribution in [2.24, 2.45) is 0 Å². The number of methoxy groups -OCH3 is 1. The van der Waals surface area contributed by atoms with Crippen LogP contribution in [-0.2, 0) is 24.2 Å². The summed E-state index contributed by atoms with van der Waals surface area (Å²) in [7, 11) is -0.127. The Morgan fingerprint density at radius 2 is 2.00 bits per heavy atom. The highest BCUT2D eigenvalue weighted by Crippen LogP contribution is 2.17. The summed E-state index contributed by atoms with van der Waals surface area (Å²) in [4.78, 5) is 25.4. The van der Waals surface area contributed by atoms with Crippen LogP contribution in [0, 0.1) is 11.3 Å². The molecule has 1 aliphatic rings. The lowest BCUT2D eigenvalue weighted by molar-refractivity contribution is -0.148. The Morgan fingerprint density at radius 3 is 2.52 bits per heavy atom. The molecule has 1 unspecified atom stereocenters. The summed E-state index contributed by atoms with van der Waals surface area (Å²) in [5.41, 5.74) is 0.350. The lowest BCUT2D eigenvalue weighted by Crippen LogP contribution is -2.40. The molecule has 1 fully saturated rings. The molecule has 27 heavy (non-hydrogen) atoms. The van der Waals surface area contributed by atoms with Gasteiger partial charge in [-0.3, -0.25) is 4.79 Å². The maximum Gasteiger partial charge on any atom is 0.349 e. The van der Waals surface area contributed by atoms with Gasteiger partial charge in [0, 0.05) is 13.1 Å². The van der Waals surface area contributed by atoms with Gasteiger partial charge >= 0.3 is 5.97 Å². The minimum absolute atomic E-state index is 0.0399. The van der Waals surface area contributed by atoms with Gasteiger partial charge in [-0.15, -0.1) is 0 Å². The summed E-state index contributed by atoms with van der Waals surface area (Å²) in [6.45, 7) is -0.562. The van der Waals surface area contributed by atoms with Crippen LogP contribution >= 0.6 is 0 Å². The number of nitrogens with zero attached hydrogens (tertiary/aromatic N) is 2. The first-order valence-electron chi connectivity index (χ1n) is 8.15. The van der Waals surface area contributed by atoms with Crippen LogP contribution in [0.15, 0.2) is 29.8 Å². The molecule has 144 valence electrons. The minimum Gasteiger partial charge on any atom is -0.497 e. The average Bonchev–Trinajstić information content (AvgIpc) is 3.03. The lowest BCUT2D eigenvalue weighted by Gasteiger charge is -2.23. The fourth-order valence-corrected chi connectivity index (χ4v) is 4.37. The van der Waals surface area contributed by atoms with Crippen LogP contribution in [-0.4, -0.2) is 63.5 Å². The molecule has 0 bridgehead atoms. The molecule has 1 aliphatic heterocycles. The number of carbonyl (C=O) groups excluding carboxylic acids is 2. The third-order valence-corrected chi connectivity index (χ3v) is 5.99. The Bertz CT molecular complexity index is 883. The molecule has 9 heteroatoms. The Balaban J connectivity index is 1.95. The Labute approximate surface area is 157 Å². The molecule has 1 heterocycles. The van der Waals surface area contributed by atoms with E-state index in [1.165, 1.54) is 25.1 Å². The molecule has 0 aromatic heterocycles. The van der Waals surface area contributed by atoms with E-state index in [-0.39, 0.29) is 17.1 Å². The van der Waals surface area contributed by atoms with Crippen molar-refractivity contribution in [1.82, 2.24) is 4.90 Å². The van der Waals surface area contributed by atoms with Crippen LogP contribution in [0.1, 0.15) is 12.0 Å². The van der Waals surface area contributed by atoms with E-state index in [1.807, 2.05) is 0 Å². The summed E-state index contributed by atoms with van der Waals surface area (Å²) in [6.07, 6.45) is 1.71. The second-order valence-electron chi connectivity index (χ2n) is 6.08. The summed E-state index contributed by atoms with van der Waals surface area (Å²) in [5, 5.41) is 9.16. The maximum atomic E-state index is 12.1. The number of amides is 1. The van der Waals surface area contributed by atoms with Gasteiger partial charge in [-0.25, -0.2) is 13.2 Å². The molecule has 1 aromatic rings. The van der Waals surface area contributed by atoms with Gasteiger partial charge in [-0.05, 0) is 30.2 Å². The van der Waals surface area contributed by atoms with Crippen LogP contribution in [0.25, 0.3) is 6.08 Å². The van der Waals surface area contributed by atoms with E-state index in [0.717, 1.165) is 0 Å². The van der Waals surface area contributed by atoms with Gasteiger partial charge in [-0.2, -0.15) is 5.26 Å². The third-order valence-electron chi connectivity index (χ3n) is 4.24. The normalized spacial score (nSPS) is 18.4. The van der Waals surface area contributed by atoms with Crippen molar-refractivity contribution in [3.05, 3.63) is 35.4 Å². The van der Waals surface area contributed by atoms with Gasteiger partial charge in [0.1, 0.15) is 17.4 Å². The van der Waals surface area contributed by atoms with Crippen LogP contribution in [0.2, 0.25) is 0 Å². The first kappa shape index (κ1) is 20.5. The monoisotopic (exact) mass is 392 g/mol. The summed E-state index contributed by atoms with van der Waals surface area (Å²) in [6, 6.07) is 8.03. The number of esters is 1. The zero-order chi connectivity index (χ0) is 20.0. The van der Waals surface area contributed by atoms with E-state index < -0.39 is 34.4 Å². The van der Waals surface area contributed by atoms with Crippen LogP contribution in [0.3, 0.4) is 0 Å². The lowest BCUT2D eigenvalue weighted by atomic mass is 10.1. The smallest absolute Gasteiger partial charge is 0.349 e. The zero-order valence-corrected chi connectivity index (χ0v) is 15.9. The Kier molecular flexibility index (Phi) is 6.58. The fourth-order valence-electron chi connectivity index (χ4n) is 2.59. The van der Waals surface area contributed by atoms with Crippen molar-refractivity contribution in [2.45, 2.75) is 12.5 Å². The number of hydrogen-bond donors (Lipinski definition) is 0. The number of nitriles is 1. The van der Waals surface area contributed by atoms with Crippen molar-refractivity contribution in [1.29, 1.82) is 5.26 Å². The molecular formula is C18H20N2O6S. The Hall–Kier alpha value is -2.86. The standard InChI is InChI=1S/C18H20N2O6S/c1-20(15-7-8-27(23,24)12-15)17(21)11-26-18(22)14(10-19)9-13-3-5-16(25-2)6-4-13/h3-6,9,15H,7-8,11-12H2,1-2H3. The molecule has 0 radical (unpaired) electrons. The first-order valence-corrected chi connectivity index (χ1v) is 9.97. The fraction of sp³-hybridized carbons (Fsp3) is 0.389. The predicted molar refractivity (Wildman–Crippen MR) is 97.4 cm³/mol. The molecule has 0 aliphatic carbocycles. The van der Waals surface area contributed by atoms with Crippen LogP contribution < -0.4 is 4.74 Å². The molecule has 0 saturated carbocycles. The number of ether oxygens (including phenoxy) is 2. The number of hydrogen-bond acceptors (Lipinski definition) is 7. The van der Waals surface area contributed by atoms with Gasteiger partial charge in [-0.1, -0.05) is 12.1 Å². The topological polar surface area (TPSA) is 114 Å². The number of benzene rings is 1. The second-order valence-corrected chi connectivity index (χ2v) is 8.31. The summed E-state index contributed by atoms with van der Waals surface area (Å²) >= 11 is 0. The zero-order valence-electron chi connectivity index (χ0n) is 15.0. The van der Waals surface area contributed by atoms with Gasteiger partial charge in [0.2, 0.25) is 0 Å². The quantitative estimate of drug-likeness (QED) is 0.399. The molecular weight excluding hydrogens is 372 g/mol. The highest BCUT2D eigenvalue weighted by atomic mass is 32.2. The largest absolute Gasteiger partial charge is 0.497 e. The van der Waals surface area contributed by atoms with Gasteiger partial charge in [0.05, 0.1) is 18.6 Å². The summed E-state index contributed by atoms with van der Waals surface area (Å²) < 4.78 is 32.9. The molecule has 1 saturated heterocycles. The third kappa shape index (κ3) is 5.56. The van der Waals surface area contributed by atoms with E-state index in [9.17, 15) is 18.0 Å². The highest BCUT2D eigenvalue weighted by Gasteiger charge is 2.33. The van der Waals surface area contributed by atoms with E-state index in [0.29, 0.717) is 17.7 Å². The van der Waals surface area contributed by atoms with E-state index in [4.69, 9.17) is 14.7 Å². The SMILES string of the molecule is COc1ccc(C=C(C#N)C(=O)OCC(=O)N(C)C2CCS(=O)(=O)C2)cc1. The average molecular weight is 392 g/mol. The molecule has 1 atom stereocenters. The van der Waals surface area contributed by atoms with Crippen molar-refractivity contribution in [3.8, 4) is 11.8 Å². The number of likely N-dealkylation sites (N-methyl/N-ethyl adjacent to an activating group) is 1. The molecule has 1 amide bonds. The van der Waals surface area contributed by atoms with Crippen LogP contribution in [0.5, 0.6) is 5.75 Å². The van der Waals surface area contributed by atoms with Gasteiger partial charge in [0.25, 0.3) is 5.91 Å². The van der Waals surface area contributed by atoms with E-state index in [1.54, 1.807) is 30.3 Å². The summed E-state index contributed by atoms with van der Waals surface area (Å²) in [5.74, 6) is -0.862. The van der Waals surface area contributed by atoms with Crippen LogP contribution in [0.4, 0.5) is 0 Å². The van der Waals surface area contributed by atoms with Crippen molar-refractivity contribution in [3.63, 3.8) is 0 Å². The molecule has 0 spiro atoms. The number of carbonyl (C=O) groups is 2. The molecule has 1 aromatic carbocycles. The highest BCUT2D eigenvalue weighted by molar-refractivity contribution is 7.91. The number of rotatable bonds is 6. The first-order chi connectivity index (χ1) is 12.8. The van der Waals surface area contributed by atoms with Gasteiger partial charge < -0.3 is 14.4 Å². The van der Waals surface area contributed by atoms with Crippen molar-refractivity contribution < 1.29 is 27.5 Å². The molecule has 0 N–H and O–H groups in total. The van der Waals surface area contributed by atoms with E-state index in [2.05, 4.69) is 0 Å². The van der Waals surface area contributed by atoms with Crippen molar-refractivity contribution in [2.75, 3.05) is 32.3 Å². The van der Waals surface area contributed by atoms with Gasteiger partial charge in [0.15, 0.2) is 16.4 Å². The maximum absolute atomic E-state index is 12.1. The van der Waals surface area contributed by atoms with E-state index >= 15 is 0 Å².